The quantitative estimate of drug-likeness (QED) is 0.610. The summed E-state index contributed by atoms with van der Waals surface area (Å²) in [5.74, 6) is 0.860. The molecule has 0 unspecified atom stereocenters. The number of amides is 2. The fourth-order valence-corrected chi connectivity index (χ4v) is 5.39. The van der Waals surface area contributed by atoms with Crippen molar-refractivity contribution in [1.29, 1.82) is 0 Å². The molecule has 0 spiro atoms. The van der Waals surface area contributed by atoms with Crippen LogP contribution in [0.3, 0.4) is 0 Å². The zero-order valence-electron chi connectivity index (χ0n) is 18.9. The lowest BCUT2D eigenvalue weighted by Crippen LogP contribution is -2.48. The minimum atomic E-state index is -0.131. The van der Waals surface area contributed by atoms with Gasteiger partial charge in [-0.3, -0.25) is 0 Å². The molecule has 2 heterocycles. The van der Waals surface area contributed by atoms with Gasteiger partial charge >= 0.3 is 6.03 Å². The summed E-state index contributed by atoms with van der Waals surface area (Å²) in [4.78, 5) is 17.5. The van der Waals surface area contributed by atoms with Crippen LogP contribution in [0.15, 0.2) is 72.8 Å². The molecule has 0 bridgehead atoms. The number of benzene rings is 3. The summed E-state index contributed by atoms with van der Waals surface area (Å²) < 4.78 is 5.29. The average Bonchev–Trinajstić information content (AvgIpc) is 3.30. The smallest absolute Gasteiger partial charge is 0.322 e. The molecule has 0 saturated carbocycles. The number of carbonyl (C=O) groups excluding carboxylic acids is 1. The standard InChI is InChI=1S/C27H29N3O3/c1-29-24-12-11-19(18-7-4-3-5-8-18)15-23(24)26-22(25(29)17-31)13-14-30(26)27(32)28-20-9-6-10-21(16-20)33-2/h3-12,15-16,22,25-26,31H,13-14,17H2,1-2H3,(H,28,32)/t22-,25+,26-/m0/s1. The largest absolute Gasteiger partial charge is 0.497 e. The first-order chi connectivity index (χ1) is 16.1. The molecule has 2 amide bonds. The lowest BCUT2D eigenvalue weighted by atomic mass is 9.81. The van der Waals surface area contributed by atoms with E-state index in [4.69, 9.17) is 4.74 Å². The van der Waals surface area contributed by atoms with Gasteiger partial charge in [-0.25, -0.2) is 4.79 Å². The van der Waals surface area contributed by atoms with E-state index in [2.05, 4.69) is 40.5 Å². The van der Waals surface area contributed by atoms with Crippen molar-refractivity contribution < 1.29 is 14.6 Å². The maximum absolute atomic E-state index is 13.4. The van der Waals surface area contributed by atoms with Crippen LogP contribution in [0.25, 0.3) is 11.1 Å². The molecule has 3 aromatic carbocycles. The van der Waals surface area contributed by atoms with Gasteiger partial charge in [0.1, 0.15) is 5.75 Å². The topological polar surface area (TPSA) is 65.0 Å². The second-order valence-corrected chi connectivity index (χ2v) is 8.75. The predicted octanol–water partition coefficient (Wildman–Crippen LogP) is 4.77. The lowest BCUT2D eigenvalue weighted by Gasteiger charge is -2.44. The minimum absolute atomic E-state index is 0.0281. The first-order valence-electron chi connectivity index (χ1n) is 11.4. The number of nitrogens with zero attached hydrogens (tertiary/aromatic N) is 2. The minimum Gasteiger partial charge on any atom is -0.497 e. The van der Waals surface area contributed by atoms with Gasteiger partial charge in [0.25, 0.3) is 0 Å². The van der Waals surface area contributed by atoms with Crippen molar-refractivity contribution in [2.45, 2.75) is 18.5 Å². The molecule has 3 aromatic rings. The number of urea groups is 1. The molecule has 3 atom stereocenters. The Kier molecular flexibility index (Phi) is 5.68. The molecule has 2 N–H and O–H groups in total. The van der Waals surface area contributed by atoms with E-state index in [9.17, 15) is 9.90 Å². The molecular weight excluding hydrogens is 414 g/mol. The molecule has 6 nitrogen and oxygen atoms in total. The summed E-state index contributed by atoms with van der Waals surface area (Å²) in [5.41, 5.74) is 5.17. The van der Waals surface area contributed by atoms with Crippen LogP contribution in [0.4, 0.5) is 16.2 Å². The van der Waals surface area contributed by atoms with Crippen LogP contribution in [-0.2, 0) is 0 Å². The molecular formula is C27H29N3O3. The van der Waals surface area contributed by atoms with Crippen molar-refractivity contribution >= 4 is 17.4 Å². The number of fused-ring (bicyclic) bond motifs is 3. The lowest BCUT2D eigenvalue weighted by molar-refractivity contribution is 0.168. The Bertz CT molecular complexity index is 1150. The van der Waals surface area contributed by atoms with Crippen LogP contribution in [0.5, 0.6) is 5.75 Å². The first kappa shape index (κ1) is 21.3. The van der Waals surface area contributed by atoms with E-state index >= 15 is 0 Å². The van der Waals surface area contributed by atoms with Crippen LogP contribution in [-0.4, -0.2) is 49.4 Å². The van der Waals surface area contributed by atoms with Crippen LogP contribution in [0, 0.1) is 5.92 Å². The van der Waals surface area contributed by atoms with Gasteiger partial charge in [-0.15, -0.1) is 0 Å². The molecule has 1 saturated heterocycles. The number of methoxy groups -OCH3 is 1. The van der Waals surface area contributed by atoms with Crippen molar-refractivity contribution in [3.8, 4) is 16.9 Å². The number of aliphatic hydroxyl groups is 1. The fourth-order valence-electron chi connectivity index (χ4n) is 5.39. The Morgan fingerprint density at radius 1 is 1.06 bits per heavy atom. The maximum atomic E-state index is 13.4. The van der Waals surface area contributed by atoms with Gasteiger partial charge in [0.15, 0.2) is 0 Å². The van der Waals surface area contributed by atoms with E-state index in [1.165, 1.54) is 0 Å². The van der Waals surface area contributed by atoms with Gasteiger partial charge in [0.05, 0.1) is 25.8 Å². The molecule has 0 aliphatic carbocycles. The van der Waals surface area contributed by atoms with Crippen LogP contribution in [0.2, 0.25) is 0 Å². The summed E-state index contributed by atoms with van der Waals surface area (Å²) in [6.45, 7) is 0.702. The third-order valence-corrected chi connectivity index (χ3v) is 7.04. The third kappa shape index (κ3) is 3.80. The highest BCUT2D eigenvalue weighted by Crippen LogP contribution is 2.49. The van der Waals surface area contributed by atoms with Gasteiger partial charge in [0.2, 0.25) is 0 Å². The number of anilines is 2. The fraction of sp³-hybridized carbons (Fsp3) is 0.296. The number of hydrogen-bond acceptors (Lipinski definition) is 4. The Labute approximate surface area is 194 Å². The Balaban J connectivity index is 1.52. The molecule has 0 radical (unpaired) electrons. The van der Waals surface area contributed by atoms with E-state index in [1.54, 1.807) is 7.11 Å². The Morgan fingerprint density at radius 2 is 1.88 bits per heavy atom. The van der Waals surface area contributed by atoms with Crippen molar-refractivity contribution in [2.24, 2.45) is 5.92 Å². The van der Waals surface area contributed by atoms with Crippen molar-refractivity contribution in [3.63, 3.8) is 0 Å². The highest BCUT2D eigenvalue weighted by molar-refractivity contribution is 5.90. The monoisotopic (exact) mass is 443 g/mol. The van der Waals surface area contributed by atoms with E-state index in [1.807, 2.05) is 54.4 Å². The zero-order valence-corrected chi connectivity index (χ0v) is 18.9. The molecule has 2 aliphatic rings. The molecule has 0 aromatic heterocycles. The molecule has 2 aliphatic heterocycles. The van der Waals surface area contributed by atoms with E-state index < -0.39 is 0 Å². The number of carbonyl (C=O) groups is 1. The molecule has 170 valence electrons. The number of hydrogen-bond donors (Lipinski definition) is 2. The number of aliphatic hydroxyl groups excluding tert-OH is 1. The second-order valence-electron chi connectivity index (χ2n) is 8.75. The molecule has 33 heavy (non-hydrogen) atoms. The summed E-state index contributed by atoms with van der Waals surface area (Å²) in [7, 11) is 3.65. The van der Waals surface area contributed by atoms with Gasteiger partial charge < -0.3 is 25.0 Å². The Morgan fingerprint density at radius 3 is 2.64 bits per heavy atom. The highest BCUT2D eigenvalue weighted by Gasteiger charge is 2.47. The van der Waals surface area contributed by atoms with Gasteiger partial charge in [-0.05, 0) is 47.4 Å². The molecule has 5 rings (SSSR count). The normalized spacial score (nSPS) is 21.4. The van der Waals surface area contributed by atoms with Crippen molar-refractivity contribution in [3.05, 3.63) is 78.4 Å². The van der Waals surface area contributed by atoms with Crippen LogP contribution in [0.1, 0.15) is 18.0 Å². The number of ether oxygens (including phenoxy) is 1. The van der Waals surface area contributed by atoms with Crippen LogP contribution < -0.4 is 15.0 Å². The van der Waals surface area contributed by atoms with Gasteiger partial charge in [-0.2, -0.15) is 0 Å². The summed E-state index contributed by atoms with van der Waals surface area (Å²) in [5, 5.41) is 13.3. The zero-order chi connectivity index (χ0) is 22.9. The van der Waals surface area contributed by atoms with Crippen LogP contribution >= 0.6 is 0 Å². The average molecular weight is 444 g/mol. The molecule has 6 heteroatoms. The maximum Gasteiger partial charge on any atom is 0.322 e. The van der Waals surface area contributed by atoms with Crippen molar-refractivity contribution in [2.75, 3.05) is 37.5 Å². The number of likely N-dealkylation sites (N-methyl/N-ethyl adjacent to an activating group) is 1. The summed E-state index contributed by atoms with van der Waals surface area (Å²) in [6, 6.07) is 23.9. The van der Waals surface area contributed by atoms with E-state index in [-0.39, 0.29) is 30.6 Å². The first-order valence-corrected chi connectivity index (χ1v) is 11.4. The van der Waals surface area contributed by atoms with Crippen molar-refractivity contribution in [1.82, 2.24) is 4.90 Å². The third-order valence-electron chi connectivity index (χ3n) is 7.04. The van der Waals surface area contributed by atoms with E-state index in [0.29, 0.717) is 18.0 Å². The Hall–Kier alpha value is -3.51. The second kappa shape index (κ2) is 8.79. The highest BCUT2D eigenvalue weighted by atomic mass is 16.5. The number of nitrogens with one attached hydrogen (secondary N) is 1. The summed E-state index contributed by atoms with van der Waals surface area (Å²) >= 11 is 0. The predicted molar refractivity (Wildman–Crippen MR) is 131 cm³/mol. The van der Waals surface area contributed by atoms with Gasteiger partial charge in [-0.1, -0.05) is 42.5 Å². The van der Waals surface area contributed by atoms with Gasteiger partial charge in [0, 0.05) is 37.0 Å². The molecule has 1 fully saturated rings. The summed E-state index contributed by atoms with van der Waals surface area (Å²) in [6.07, 6.45) is 0.848. The number of likely N-dealkylation sites (tertiary alicyclic amines) is 1. The SMILES string of the molecule is COc1cccc(NC(=O)N2CC[C@@H]3[C@H]2c2cc(-c4ccccc4)ccc2N(C)[C@@H]3CO)c1. The van der Waals surface area contributed by atoms with E-state index in [0.717, 1.165) is 28.8 Å². The number of rotatable bonds is 4.